The minimum atomic E-state index is -1.05. The van der Waals surface area contributed by atoms with Gasteiger partial charge in [-0.05, 0) is 38.0 Å². The van der Waals surface area contributed by atoms with Crippen LogP contribution in [-0.2, 0) is 6.42 Å². The molecule has 3 N–H and O–H groups in total. The van der Waals surface area contributed by atoms with Crippen molar-refractivity contribution in [3.05, 3.63) is 29.8 Å². The topological polar surface area (TPSA) is 81.7 Å². The average molecular weight is 279 g/mol. The highest BCUT2D eigenvalue weighted by atomic mass is 16.4. The molecule has 0 atom stereocenters. The van der Waals surface area contributed by atoms with Gasteiger partial charge < -0.3 is 20.6 Å². The first-order valence-electron chi connectivity index (χ1n) is 6.28. The first kappa shape index (κ1) is 15.8. The number of carbonyl (C=O) groups is 2. The van der Waals surface area contributed by atoms with E-state index in [0.717, 1.165) is 5.56 Å². The zero-order valence-corrected chi connectivity index (χ0v) is 12.2. The number of nitrogens with one attached hydrogen (secondary N) is 2. The van der Waals surface area contributed by atoms with E-state index in [4.69, 9.17) is 5.11 Å². The van der Waals surface area contributed by atoms with Crippen LogP contribution in [-0.4, -0.2) is 41.8 Å². The second-order valence-corrected chi connectivity index (χ2v) is 5.52. The van der Waals surface area contributed by atoms with E-state index in [1.807, 2.05) is 32.0 Å². The minimum absolute atomic E-state index is 0.204. The van der Waals surface area contributed by atoms with Gasteiger partial charge in [-0.2, -0.15) is 0 Å². The lowest BCUT2D eigenvalue weighted by molar-refractivity contribution is 0.182. The van der Waals surface area contributed by atoms with Gasteiger partial charge in [0.25, 0.3) is 0 Å². The van der Waals surface area contributed by atoms with Crippen LogP contribution in [0.1, 0.15) is 19.4 Å². The van der Waals surface area contributed by atoms with Crippen molar-refractivity contribution in [1.82, 2.24) is 10.2 Å². The Labute approximate surface area is 118 Å². The zero-order valence-electron chi connectivity index (χ0n) is 12.2. The molecule has 0 aliphatic rings. The summed E-state index contributed by atoms with van der Waals surface area (Å²) in [5.74, 6) is 0. The van der Waals surface area contributed by atoms with E-state index in [-0.39, 0.29) is 6.03 Å². The van der Waals surface area contributed by atoms with Crippen LogP contribution in [0.25, 0.3) is 0 Å². The van der Waals surface area contributed by atoms with Crippen molar-refractivity contribution >= 4 is 17.8 Å². The summed E-state index contributed by atoms with van der Waals surface area (Å²) in [5, 5.41) is 14.0. The van der Waals surface area contributed by atoms with Crippen molar-refractivity contribution in [2.45, 2.75) is 25.8 Å². The van der Waals surface area contributed by atoms with Crippen LogP contribution in [0.5, 0.6) is 0 Å². The molecule has 0 aliphatic carbocycles. The highest BCUT2D eigenvalue weighted by molar-refractivity contribution is 5.88. The monoisotopic (exact) mass is 279 g/mol. The van der Waals surface area contributed by atoms with Crippen LogP contribution in [0.3, 0.4) is 0 Å². The van der Waals surface area contributed by atoms with Gasteiger partial charge in [-0.25, -0.2) is 9.59 Å². The second kappa shape index (κ2) is 6.27. The fraction of sp³-hybridized carbons (Fsp3) is 0.429. The molecule has 6 heteroatoms. The molecule has 0 bridgehead atoms. The van der Waals surface area contributed by atoms with Crippen LogP contribution < -0.4 is 10.6 Å². The Hall–Kier alpha value is -2.24. The van der Waals surface area contributed by atoms with Crippen molar-refractivity contribution in [1.29, 1.82) is 0 Å². The van der Waals surface area contributed by atoms with Gasteiger partial charge in [0, 0.05) is 25.3 Å². The van der Waals surface area contributed by atoms with Gasteiger partial charge in [-0.1, -0.05) is 12.1 Å². The summed E-state index contributed by atoms with van der Waals surface area (Å²) in [4.78, 5) is 23.7. The number of benzene rings is 1. The molecule has 0 spiro atoms. The van der Waals surface area contributed by atoms with E-state index < -0.39 is 11.6 Å². The smallest absolute Gasteiger partial charge is 0.405 e. The summed E-state index contributed by atoms with van der Waals surface area (Å²) >= 11 is 0. The third-order valence-corrected chi connectivity index (χ3v) is 2.68. The first-order valence-corrected chi connectivity index (χ1v) is 6.28. The highest BCUT2D eigenvalue weighted by Crippen LogP contribution is 2.17. The summed E-state index contributed by atoms with van der Waals surface area (Å²) in [6, 6.07) is 7.16. The third-order valence-electron chi connectivity index (χ3n) is 2.68. The molecule has 0 aromatic heterocycles. The van der Waals surface area contributed by atoms with Crippen molar-refractivity contribution in [2.75, 3.05) is 19.4 Å². The summed E-state index contributed by atoms with van der Waals surface area (Å²) < 4.78 is 0. The fourth-order valence-electron chi connectivity index (χ4n) is 1.84. The van der Waals surface area contributed by atoms with E-state index in [1.54, 1.807) is 20.2 Å². The van der Waals surface area contributed by atoms with Gasteiger partial charge >= 0.3 is 12.1 Å². The number of nitrogens with zero attached hydrogens (tertiary/aromatic N) is 1. The van der Waals surface area contributed by atoms with E-state index in [2.05, 4.69) is 10.6 Å². The summed E-state index contributed by atoms with van der Waals surface area (Å²) in [5.41, 5.74) is 1.06. The predicted octanol–water partition coefficient (Wildman–Crippen LogP) is 2.37. The molecule has 1 aromatic rings. The molecule has 1 rings (SSSR count). The number of urea groups is 1. The van der Waals surface area contributed by atoms with Crippen molar-refractivity contribution in [3.8, 4) is 0 Å². The Bertz CT molecular complexity index is 498. The molecule has 0 fully saturated rings. The number of anilines is 1. The Kier molecular flexibility index (Phi) is 4.96. The lowest BCUT2D eigenvalue weighted by atomic mass is 9.95. The number of carbonyl (C=O) groups excluding carboxylic acids is 1. The van der Waals surface area contributed by atoms with E-state index in [0.29, 0.717) is 12.1 Å². The van der Waals surface area contributed by atoms with Crippen LogP contribution in [0.15, 0.2) is 24.3 Å². The second-order valence-electron chi connectivity index (χ2n) is 5.52. The van der Waals surface area contributed by atoms with Crippen LogP contribution in [0.2, 0.25) is 0 Å². The Balaban J connectivity index is 2.78. The maximum absolute atomic E-state index is 11.6. The molecule has 0 radical (unpaired) electrons. The number of rotatable bonds is 4. The third kappa shape index (κ3) is 5.17. The number of hydrogen-bond acceptors (Lipinski definition) is 2. The van der Waals surface area contributed by atoms with Gasteiger partial charge in [0.15, 0.2) is 0 Å². The molecule has 0 unspecified atom stereocenters. The van der Waals surface area contributed by atoms with E-state index in [9.17, 15) is 9.59 Å². The Morgan fingerprint density at radius 1 is 1.30 bits per heavy atom. The summed E-state index contributed by atoms with van der Waals surface area (Å²) in [7, 11) is 3.33. The average Bonchev–Trinajstić information content (AvgIpc) is 2.26. The van der Waals surface area contributed by atoms with Crippen molar-refractivity contribution < 1.29 is 14.7 Å². The van der Waals surface area contributed by atoms with Crippen LogP contribution >= 0.6 is 0 Å². The molecule has 3 amide bonds. The molecule has 6 nitrogen and oxygen atoms in total. The SMILES string of the molecule is CN(C)C(=O)Nc1cccc(CC(C)(C)NC(=O)O)c1. The van der Waals surface area contributed by atoms with Crippen molar-refractivity contribution in [2.24, 2.45) is 0 Å². The maximum Gasteiger partial charge on any atom is 0.405 e. The Morgan fingerprint density at radius 3 is 2.50 bits per heavy atom. The van der Waals surface area contributed by atoms with Gasteiger partial charge in [-0.3, -0.25) is 0 Å². The fourth-order valence-corrected chi connectivity index (χ4v) is 1.84. The summed E-state index contributed by atoms with van der Waals surface area (Å²) in [6.45, 7) is 3.62. The molecular weight excluding hydrogens is 258 g/mol. The molecule has 0 aliphatic heterocycles. The number of carboxylic acid groups (broad SMARTS) is 1. The van der Waals surface area contributed by atoms with Gasteiger partial charge in [-0.15, -0.1) is 0 Å². The molecular formula is C14H21N3O3. The molecule has 0 saturated carbocycles. The molecule has 110 valence electrons. The van der Waals surface area contributed by atoms with Gasteiger partial charge in [0.2, 0.25) is 0 Å². The number of amides is 3. The Morgan fingerprint density at radius 2 is 1.95 bits per heavy atom. The first-order chi connectivity index (χ1) is 9.19. The molecule has 1 aromatic carbocycles. The summed E-state index contributed by atoms with van der Waals surface area (Å²) in [6.07, 6.45) is -0.516. The lowest BCUT2D eigenvalue weighted by Crippen LogP contribution is -2.44. The van der Waals surface area contributed by atoms with Crippen LogP contribution in [0, 0.1) is 0 Å². The van der Waals surface area contributed by atoms with Gasteiger partial charge in [0.1, 0.15) is 0 Å². The standard InChI is InChI=1S/C14H21N3O3/c1-14(2,16-13(19)20)9-10-6-5-7-11(8-10)15-12(18)17(3)4/h5-8,16H,9H2,1-4H3,(H,15,18)(H,19,20). The highest BCUT2D eigenvalue weighted by Gasteiger charge is 2.20. The van der Waals surface area contributed by atoms with Gasteiger partial charge in [0.05, 0.1) is 0 Å². The van der Waals surface area contributed by atoms with Crippen molar-refractivity contribution in [3.63, 3.8) is 0 Å². The molecule has 0 saturated heterocycles. The lowest BCUT2D eigenvalue weighted by Gasteiger charge is -2.24. The minimum Gasteiger partial charge on any atom is -0.465 e. The largest absolute Gasteiger partial charge is 0.465 e. The maximum atomic E-state index is 11.6. The van der Waals surface area contributed by atoms with Crippen LogP contribution in [0.4, 0.5) is 15.3 Å². The number of hydrogen-bond donors (Lipinski definition) is 3. The molecule has 20 heavy (non-hydrogen) atoms. The van der Waals surface area contributed by atoms with E-state index >= 15 is 0 Å². The zero-order chi connectivity index (χ0) is 15.3. The normalized spacial score (nSPS) is 10.8. The predicted molar refractivity (Wildman–Crippen MR) is 78.1 cm³/mol. The quantitative estimate of drug-likeness (QED) is 0.791. The van der Waals surface area contributed by atoms with E-state index in [1.165, 1.54) is 4.90 Å². The molecule has 0 heterocycles.